The molecule has 170 valence electrons. The summed E-state index contributed by atoms with van der Waals surface area (Å²) in [6.45, 7) is 4.54. The van der Waals surface area contributed by atoms with Gasteiger partial charge < -0.3 is 15.0 Å². The zero-order chi connectivity index (χ0) is 23.8. The van der Waals surface area contributed by atoms with Crippen molar-refractivity contribution < 1.29 is 18.7 Å². The minimum Gasteiger partial charge on any atom is -0.373 e. The van der Waals surface area contributed by atoms with Crippen LogP contribution in [0, 0.1) is 17.6 Å². The molecule has 2 N–H and O–H groups in total. The van der Waals surface area contributed by atoms with E-state index in [1.165, 1.54) is 36.4 Å². The van der Waals surface area contributed by atoms with Gasteiger partial charge in [-0.25, -0.2) is 13.8 Å². The highest BCUT2D eigenvalue weighted by Gasteiger charge is 2.42. The standard InChI is InChI=1S/C26H25F2N3O2/c1-16(2)15-29-24(32)17-12-13-22-23(14-17)31(3)25(30-22)26(33,18-8-4-6-10-20(18)27)19-9-5-7-11-21(19)28/h4-14,16,33H,15H2,1-3H3,(H,29,32). The number of carbonyl (C=O) groups excluding carboxylic acids is 1. The first-order chi connectivity index (χ1) is 15.7. The molecule has 33 heavy (non-hydrogen) atoms. The summed E-state index contributed by atoms with van der Waals surface area (Å²) in [5.41, 5.74) is -0.984. The lowest BCUT2D eigenvalue weighted by molar-refractivity contribution is 0.0949. The molecule has 0 aliphatic rings. The van der Waals surface area contributed by atoms with E-state index in [-0.39, 0.29) is 22.9 Å². The van der Waals surface area contributed by atoms with E-state index in [2.05, 4.69) is 10.3 Å². The Hall–Kier alpha value is -3.58. The van der Waals surface area contributed by atoms with Gasteiger partial charge in [0.05, 0.1) is 11.0 Å². The summed E-state index contributed by atoms with van der Waals surface area (Å²) in [5, 5.41) is 14.8. The molecule has 4 aromatic rings. The second kappa shape index (κ2) is 8.75. The van der Waals surface area contributed by atoms with Crippen molar-refractivity contribution in [2.75, 3.05) is 6.54 Å². The second-order valence-corrected chi connectivity index (χ2v) is 8.47. The lowest BCUT2D eigenvalue weighted by Crippen LogP contribution is -2.34. The van der Waals surface area contributed by atoms with Gasteiger partial charge in [0.2, 0.25) is 0 Å². The van der Waals surface area contributed by atoms with Crippen LogP contribution < -0.4 is 5.32 Å². The van der Waals surface area contributed by atoms with Crippen molar-refractivity contribution >= 4 is 16.9 Å². The number of halogens is 2. The van der Waals surface area contributed by atoms with Gasteiger partial charge in [-0.05, 0) is 36.2 Å². The van der Waals surface area contributed by atoms with Crippen LogP contribution in [-0.2, 0) is 12.6 Å². The Kier molecular flexibility index (Phi) is 5.99. The normalized spacial score (nSPS) is 11.8. The number of imidazole rings is 1. The maximum absolute atomic E-state index is 14.9. The number of hydrogen-bond donors (Lipinski definition) is 2. The Morgan fingerprint density at radius 3 is 2.15 bits per heavy atom. The fourth-order valence-electron chi connectivity index (χ4n) is 3.95. The van der Waals surface area contributed by atoms with Crippen molar-refractivity contribution in [1.29, 1.82) is 0 Å². The van der Waals surface area contributed by atoms with Crippen molar-refractivity contribution in [1.82, 2.24) is 14.9 Å². The highest BCUT2D eigenvalue weighted by atomic mass is 19.1. The molecule has 0 saturated carbocycles. The highest BCUT2D eigenvalue weighted by Crippen LogP contribution is 2.39. The number of nitrogens with zero attached hydrogens (tertiary/aromatic N) is 2. The number of nitrogens with one attached hydrogen (secondary N) is 1. The Morgan fingerprint density at radius 2 is 1.61 bits per heavy atom. The molecule has 0 aliphatic heterocycles. The number of aryl methyl sites for hydroxylation is 1. The number of fused-ring (bicyclic) bond motifs is 1. The van der Waals surface area contributed by atoms with E-state index in [0.29, 0.717) is 29.1 Å². The first-order valence-electron chi connectivity index (χ1n) is 10.7. The SMILES string of the molecule is CC(C)CNC(=O)c1ccc2nc(C(O)(c3ccccc3F)c3ccccc3F)n(C)c2c1. The number of rotatable bonds is 6. The molecule has 0 radical (unpaired) electrons. The number of benzene rings is 3. The van der Waals surface area contributed by atoms with E-state index >= 15 is 0 Å². The van der Waals surface area contributed by atoms with Gasteiger partial charge >= 0.3 is 0 Å². The van der Waals surface area contributed by atoms with Gasteiger partial charge in [0, 0.05) is 30.3 Å². The average molecular weight is 450 g/mol. The van der Waals surface area contributed by atoms with Crippen LogP contribution in [0.25, 0.3) is 11.0 Å². The molecule has 0 saturated heterocycles. The molecule has 1 heterocycles. The smallest absolute Gasteiger partial charge is 0.251 e. The van der Waals surface area contributed by atoms with Crippen molar-refractivity contribution in [3.8, 4) is 0 Å². The van der Waals surface area contributed by atoms with Gasteiger partial charge in [-0.3, -0.25) is 4.79 Å². The summed E-state index contributed by atoms with van der Waals surface area (Å²) in [7, 11) is 1.65. The summed E-state index contributed by atoms with van der Waals surface area (Å²) >= 11 is 0. The third-order valence-electron chi connectivity index (χ3n) is 5.66. The van der Waals surface area contributed by atoms with Crippen molar-refractivity contribution in [2.24, 2.45) is 13.0 Å². The first-order valence-corrected chi connectivity index (χ1v) is 10.7. The van der Waals surface area contributed by atoms with Crippen LogP contribution in [0.1, 0.15) is 41.2 Å². The quantitative estimate of drug-likeness (QED) is 0.455. The van der Waals surface area contributed by atoms with Crippen LogP contribution in [0.5, 0.6) is 0 Å². The predicted molar refractivity (Wildman–Crippen MR) is 123 cm³/mol. The van der Waals surface area contributed by atoms with Crippen molar-refractivity contribution in [2.45, 2.75) is 19.4 Å². The third-order valence-corrected chi connectivity index (χ3v) is 5.66. The molecule has 0 spiro atoms. The zero-order valence-electron chi connectivity index (χ0n) is 18.6. The number of carbonyl (C=O) groups is 1. The van der Waals surface area contributed by atoms with Crippen molar-refractivity contribution in [3.05, 3.63) is 101 Å². The van der Waals surface area contributed by atoms with Gasteiger partial charge in [0.1, 0.15) is 11.6 Å². The molecule has 0 fully saturated rings. The Labute approximate surface area is 190 Å². The molecule has 4 rings (SSSR count). The van der Waals surface area contributed by atoms with Crippen LogP contribution in [-0.4, -0.2) is 27.1 Å². The van der Waals surface area contributed by atoms with Crippen LogP contribution in [0.4, 0.5) is 8.78 Å². The van der Waals surface area contributed by atoms with Gasteiger partial charge in [0.15, 0.2) is 11.4 Å². The van der Waals surface area contributed by atoms with E-state index in [4.69, 9.17) is 0 Å². The molecule has 0 atom stereocenters. The average Bonchev–Trinajstić information content (AvgIpc) is 3.14. The summed E-state index contributed by atoms with van der Waals surface area (Å²) in [6.07, 6.45) is 0. The summed E-state index contributed by atoms with van der Waals surface area (Å²) in [5.74, 6) is -1.27. The van der Waals surface area contributed by atoms with E-state index in [1.807, 2.05) is 13.8 Å². The maximum atomic E-state index is 14.9. The van der Waals surface area contributed by atoms with E-state index in [1.54, 1.807) is 41.9 Å². The van der Waals surface area contributed by atoms with E-state index in [9.17, 15) is 18.7 Å². The van der Waals surface area contributed by atoms with Crippen molar-refractivity contribution in [3.63, 3.8) is 0 Å². The molecular weight excluding hydrogens is 424 g/mol. The summed E-state index contributed by atoms with van der Waals surface area (Å²) in [4.78, 5) is 17.1. The minimum atomic E-state index is -2.20. The Morgan fingerprint density at radius 1 is 1.03 bits per heavy atom. The summed E-state index contributed by atoms with van der Waals surface area (Å²) < 4.78 is 31.4. The minimum absolute atomic E-state index is 0.0347. The molecule has 0 aliphatic carbocycles. The van der Waals surface area contributed by atoms with Crippen LogP contribution >= 0.6 is 0 Å². The van der Waals surface area contributed by atoms with E-state index < -0.39 is 17.2 Å². The molecule has 5 nitrogen and oxygen atoms in total. The zero-order valence-corrected chi connectivity index (χ0v) is 18.6. The highest BCUT2D eigenvalue weighted by molar-refractivity contribution is 5.97. The topological polar surface area (TPSA) is 67.2 Å². The second-order valence-electron chi connectivity index (χ2n) is 8.47. The monoisotopic (exact) mass is 449 g/mol. The third kappa shape index (κ3) is 4.00. The van der Waals surface area contributed by atoms with Crippen LogP contribution in [0.2, 0.25) is 0 Å². The predicted octanol–water partition coefficient (Wildman–Crippen LogP) is 4.52. The summed E-state index contributed by atoms with van der Waals surface area (Å²) in [6, 6.07) is 16.3. The van der Waals surface area contributed by atoms with Gasteiger partial charge in [-0.2, -0.15) is 0 Å². The van der Waals surface area contributed by atoms with Gasteiger partial charge in [-0.15, -0.1) is 0 Å². The van der Waals surface area contributed by atoms with E-state index in [0.717, 1.165) is 0 Å². The fourth-order valence-corrected chi connectivity index (χ4v) is 3.95. The lowest BCUT2D eigenvalue weighted by Gasteiger charge is -2.29. The molecule has 0 unspecified atom stereocenters. The maximum Gasteiger partial charge on any atom is 0.251 e. The van der Waals surface area contributed by atoms with Crippen LogP contribution in [0.15, 0.2) is 66.7 Å². The largest absolute Gasteiger partial charge is 0.373 e. The lowest BCUT2D eigenvalue weighted by atomic mass is 9.84. The number of amides is 1. The van der Waals surface area contributed by atoms with Gasteiger partial charge in [-0.1, -0.05) is 50.2 Å². The molecule has 7 heteroatoms. The van der Waals surface area contributed by atoms with Gasteiger partial charge in [0.25, 0.3) is 5.91 Å². The number of hydrogen-bond acceptors (Lipinski definition) is 3. The Balaban J connectivity index is 1.91. The Bertz CT molecular complexity index is 1280. The van der Waals surface area contributed by atoms with Crippen LogP contribution in [0.3, 0.4) is 0 Å². The number of aromatic nitrogens is 2. The molecule has 1 aromatic heterocycles. The molecule has 1 amide bonds. The molecule has 3 aromatic carbocycles. The first kappa shape index (κ1) is 22.6. The molecular formula is C26H25F2N3O2. The molecule has 0 bridgehead atoms. The fraction of sp³-hybridized carbons (Fsp3) is 0.231. The number of aliphatic hydroxyl groups is 1.